The number of amides is 1. The molecule has 0 spiro atoms. The summed E-state index contributed by atoms with van der Waals surface area (Å²) in [5, 5.41) is 2.67. The number of carbonyl (C=O) groups is 1. The molecule has 1 heterocycles. The molecule has 1 aliphatic carbocycles. The molecule has 0 radical (unpaired) electrons. The molecule has 1 fully saturated rings. The van der Waals surface area contributed by atoms with Crippen LogP contribution in [0.2, 0.25) is 0 Å². The van der Waals surface area contributed by atoms with Crippen molar-refractivity contribution in [2.75, 3.05) is 5.32 Å². The Morgan fingerprint density at radius 1 is 1.56 bits per heavy atom. The van der Waals surface area contributed by atoms with Crippen molar-refractivity contribution in [1.82, 2.24) is 4.57 Å². The maximum absolute atomic E-state index is 11.9. The van der Waals surface area contributed by atoms with Crippen LogP contribution in [0, 0.1) is 5.92 Å². The van der Waals surface area contributed by atoms with E-state index in [9.17, 15) is 9.59 Å². The first-order chi connectivity index (χ1) is 8.58. The average Bonchev–Trinajstić information content (AvgIpc) is 2.71. The molecule has 0 saturated heterocycles. The molecule has 5 nitrogen and oxygen atoms in total. The van der Waals surface area contributed by atoms with Gasteiger partial charge in [0.15, 0.2) is 0 Å². The molecule has 0 bridgehead atoms. The lowest BCUT2D eigenvalue weighted by molar-refractivity contribution is -0.117. The molecule has 1 aliphatic rings. The zero-order chi connectivity index (χ0) is 13.1. The molecular weight excluding hydrogens is 230 g/mol. The van der Waals surface area contributed by atoms with Crippen LogP contribution in [0.1, 0.15) is 25.7 Å². The maximum Gasteiger partial charge on any atom is 0.274 e. The highest BCUT2D eigenvalue weighted by Gasteiger charge is 2.26. The second kappa shape index (κ2) is 5.35. The highest BCUT2D eigenvalue weighted by atomic mass is 16.2. The van der Waals surface area contributed by atoms with Gasteiger partial charge in [-0.3, -0.25) is 9.59 Å². The van der Waals surface area contributed by atoms with Crippen LogP contribution in [-0.4, -0.2) is 16.5 Å². The van der Waals surface area contributed by atoms with Gasteiger partial charge in [0, 0.05) is 25.7 Å². The first kappa shape index (κ1) is 12.8. The highest BCUT2D eigenvalue weighted by Crippen LogP contribution is 2.26. The van der Waals surface area contributed by atoms with E-state index in [0.717, 1.165) is 19.3 Å². The van der Waals surface area contributed by atoms with Crippen molar-refractivity contribution in [2.24, 2.45) is 18.7 Å². The van der Waals surface area contributed by atoms with Gasteiger partial charge in [0.2, 0.25) is 5.91 Å². The van der Waals surface area contributed by atoms with Crippen LogP contribution < -0.4 is 16.6 Å². The van der Waals surface area contributed by atoms with E-state index in [1.165, 1.54) is 4.57 Å². The number of rotatable bonds is 3. The van der Waals surface area contributed by atoms with E-state index in [4.69, 9.17) is 5.73 Å². The largest absolute Gasteiger partial charge is 0.327 e. The van der Waals surface area contributed by atoms with Crippen molar-refractivity contribution in [1.29, 1.82) is 0 Å². The van der Waals surface area contributed by atoms with Crippen LogP contribution in [0.15, 0.2) is 23.1 Å². The van der Waals surface area contributed by atoms with Crippen molar-refractivity contribution < 1.29 is 4.79 Å². The number of anilines is 1. The molecule has 0 aliphatic heterocycles. The Morgan fingerprint density at radius 3 is 3.00 bits per heavy atom. The number of aryl methyl sites for hydroxylation is 1. The van der Waals surface area contributed by atoms with Gasteiger partial charge in [-0.2, -0.15) is 0 Å². The quantitative estimate of drug-likeness (QED) is 0.833. The van der Waals surface area contributed by atoms with Crippen LogP contribution in [-0.2, 0) is 11.8 Å². The Bertz CT molecular complexity index is 495. The van der Waals surface area contributed by atoms with E-state index in [1.807, 2.05) is 0 Å². The van der Waals surface area contributed by atoms with Gasteiger partial charge in [-0.05, 0) is 30.9 Å². The lowest BCUT2D eigenvalue weighted by atomic mass is 10.00. The summed E-state index contributed by atoms with van der Waals surface area (Å²) in [4.78, 5) is 23.6. The minimum absolute atomic E-state index is 0.120. The van der Waals surface area contributed by atoms with Crippen LogP contribution in [0.4, 0.5) is 5.69 Å². The second-order valence-electron chi connectivity index (χ2n) is 4.95. The summed E-state index contributed by atoms with van der Waals surface area (Å²) in [7, 11) is 1.66. The van der Waals surface area contributed by atoms with Gasteiger partial charge in [-0.25, -0.2) is 0 Å². The molecule has 1 aromatic rings. The third kappa shape index (κ3) is 2.79. The SMILES string of the molecule is Cn1cccc(NC(=O)C[C@@H]2CCC[C@H]2N)c1=O. The van der Waals surface area contributed by atoms with Crippen LogP contribution >= 0.6 is 0 Å². The third-order valence-corrected chi connectivity index (χ3v) is 3.56. The van der Waals surface area contributed by atoms with Crippen molar-refractivity contribution in [2.45, 2.75) is 31.7 Å². The fourth-order valence-electron chi connectivity index (χ4n) is 2.45. The van der Waals surface area contributed by atoms with Gasteiger partial charge < -0.3 is 15.6 Å². The summed E-state index contributed by atoms with van der Waals surface area (Å²) >= 11 is 0. The van der Waals surface area contributed by atoms with Crippen molar-refractivity contribution in [3.8, 4) is 0 Å². The van der Waals surface area contributed by atoms with Crippen molar-refractivity contribution >= 4 is 11.6 Å². The van der Waals surface area contributed by atoms with E-state index < -0.39 is 0 Å². The van der Waals surface area contributed by atoms with Gasteiger partial charge in [0.05, 0.1) is 0 Å². The molecule has 1 aromatic heterocycles. The number of aromatic nitrogens is 1. The number of carbonyl (C=O) groups excluding carboxylic acids is 1. The summed E-state index contributed by atoms with van der Waals surface area (Å²) < 4.78 is 1.44. The van der Waals surface area contributed by atoms with Gasteiger partial charge >= 0.3 is 0 Å². The molecule has 18 heavy (non-hydrogen) atoms. The lowest BCUT2D eigenvalue weighted by Crippen LogP contribution is -2.30. The predicted molar refractivity (Wildman–Crippen MR) is 70.2 cm³/mol. The van der Waals surface area contributed by atoms with Gasteiger partial charge in [-0.1, -0.05) is 6.42 Å². The molecule has 0 unspecified atom stereocenters. The standard InChI is InChI=1S/C13H19N3O2/c1-16-7-3-6-11(13(16)18)15-12(17)8-9-4-2-5-10(9)14/h3,6-7,9-10H,2,4-5,8,14H2,1H3,(H,15,17)/t9-,10+/m0/s1. The molecule has 3 N–H and O–H groups in total. The lowest BCUT2D eigenvalue weighted by Gasteiger charge is -2.14. The van der Waals surface area contributed by atoms with E-state index in [2.05, 4.69) is 5.32 Å². The van der Waals surface area contributed by atoms with E-state index in [1.54, 1.807) is 25.4 Å². The minimum Gasteiger partial charge on any atom is -0.327 e. The molecule has 1 saturated carbocycles. The monoisotopic (exact) mass is 249 g/mol. The maximum atomic E-state index is 11.9. The molecular formula is C13H19N3O2. The Labute approximate surface area is 106 Å². The summed E-state index contributed by atoms with van der Waals surface area (Å²) in [6.07, 6.45) is 5.14. The van der Waals surface area contributed by atoms with Crippen molar-refractivity contribution in [3.63, 3.8) is 0 Å². The van der Waals surface area contributed by atoms with Gasteiger partial charge in [0.1, 0.15) is 5.69 Å². The predicted octanol–water partition coefficient (Wildman–Crippen LogP) is 0.841. The summed E-state index contributed by atoms with van der Waals surface area (Å²) in [5.41, 5.74) is 6.07. The second-order valence-corrected chi connectivity index (χ2v) is 4.95. The molecule has 5 heteroatoms. The molecule has 0 aromatic carbocycles. The fraction of sp³-hybridized carbons (Fsp3) is 0.538. The van der Waals surface area contributed by atoms with Crippen LogP contribution in [0.3, 0.4) is 0 Å². The first-order valence-corrected chi connectivity index (χ1v) is 6.29. The Hall–Kier alpha value is -1.62. The number of hydrogen-bond acceptors (Lipinski definition) is 3. The number of pyridine rings is 1. The summed E-state index contributed by atoms with van der Waals surface area (Å²) in [6.45, 7) is 0. The topological polar surface area (TPSA) is 77.1 Å². The summed E-state index contributed by atoms with van der Waals surface area (Å²) in [5.74, 6) is 0.123. The summed E-state index contributed by atoms with van der Waals surface area (Å²) in [6, 6.07) is 3.47. The number of nitrogens with one attached hydrogen (secondary N) is 1. The Balaban J connectivity index is 1.99. The first-order valence-electron chi connectivity index (χ1n) is 6.29. The average molecular weight is 249 g/mol. The molecule has 2 atom stereocenters. The highest BCUT2D eigenvalue weighted by molar-refractivity contribution is 5.90. The zero-order valence-corrected chi connectivity index (χ0v) is 10.6. The fourth-order valence-corrected chi connectivity index (χ4v) is 2.45. The third-order valence-electron chi connectivity index (χ3n) is 3.56. The number of nitrogens with zero attached hydrogens (tertiary/aromatic N) is 1. The molecule has 1 amide bonds. The van der Waals surface area contributed by atoms with E-state index in [-0.39, 0.29) is 23.4 Å². The number of nitrogens with two attached hydrogens (primary N) is 1. The van der Waals surface area contributed by atoms with E-state index in [0.29, 0.717) is 12.1 Å². The normalized spacial score (nSPS) is 23.0. The smallest absolute Gasteiger partial charge is 0.274 e. The van der Waals surface area contributed by atoms with Gasteiger partial charge in [0.25, 0.3) is 5.56 Å². The van der Waals surface area contributed by atoms with Crippen molar-refractivity contribution in [3.05, 3.63) is 28.7 Å². The van der Waals surface area contributed by atoms with Crippen LogP contribution in [0.25, 0.3) is 0 Å². The zero-order valence-electron chi connectivity index (χ0n) is 10.6. The Morgan fingerprint density at radius 2 is 2.33 bits per heavy atom. The van der Waals surface area contributed by atoms with Gasteiger partial charge in [-0.15, -0.1) is 0 Å². The molecule has 2 rings (SSSR count). The van der Waals surface area contributed by atoms with Crippen LogP contribution in [0.5, 0.6) is 0 Å². The Kier molecular flexibility index (Phi) is 3.81. The number of hydrogen-bond donors (Lipinski definition) is 2. The molecule has 98 valence electrons. The minimum atomic E-state index is -0.193. The van der Waals surface area contributed by atoms with E-state index >= 15 is 0 Å².